The molecule has 27 heavy (non-hydrogen) atoms. The first-order valence-electron chi connectivity index (χ1n) is 9.21. The molecule has 1 fully saturated rings. The Hall–Kier alpha value is -2.40. The van der Waals surface area contributed by atoms with Crippen molar-refractivity contribution in [3.8, 4) is 11.5 Å². The molecule has 0 radical (unpaired) electrons. The minimum absolute atomic E-state index is 0.0344. The van der Waals surface area contributed by atoms with Crippen LogP contribution >= 0.6 is 11.6 Å². The summed E-state index contributed by atoms with van der Waals surface area (Å²) in [5, 5.41) is 0.647. The monoisotopic (exact) mass is 388 g/mol. The first-order valence-corrected chi connectivity index (χ1v) is 9.59. The Kier molecular flexibility index (Phi) is 6.45. The fourth-order valence-electron chi connectivity index (χ4n) is 3.25. The van der Waals surface area contributed by atoms with Gasteiger partial charge in [0.05, 0.1) is 12.8 Å². The Morgan fingerprint density at radius 2 is 1.74 bits per heavy atom. The molecule has 1 amide bonds. The standard InChI is InChI=1S/C21H25ClN2O3/c1-3-19(27-17-10-8-16(22)9-11-17)21(25)24-14-12-23(13-15-24)18-6-4-5-7-20(18)26-2/h4-11,19H,3,12-15H2,1-2H3/t19-/m1/s1. The van der Waals surface area contributed by atoms with Crippen LogP contribution in [0.4, 0.5) is 5.69 Å². The number of benzene rings is 2. The van der Waals surface area contributed by atoms with Crippen LogP contribution in [0.15, 0.2) is 48.5 Å². The molecule has 2 aromatic rings. The number of rotatable bonds is 6. The summed E-state index contributed by atoms with van der Waals surface area (Å²) in [5.41, 5.74) is 1.07. The third kappa shape index (κ3) is 4.66. The van der Waals surface area contributed by atoms with E-state index in [1.807, 2.05) is 30.0 Å². The number of methoxy groups -OCH3 is 1. The normalized spacial score (nSPS) is 15.4. The third-order valence-corrected chi connectivity index (χ3v) is 5.01. The van der Waals surface area contributed by atoms with Gasteiger partial charge in [-0.2, -0.15) is 0 Å². The predicted molar refractivity (Wildman–Crippen MR) is 108 cm³/mol. The number of para-hydroxylation sites is 2. The number of hydrogen-bond acceptors (Lipinski definition) is 4. The number of anilines is 1. The van der Waals surface area contributed by atoms with Crippen LogP contribution in [0.5, 0.6) is 11.5 Å². The van der Waals surface area contributed by atoms with Crippen LogP contribution in [0.25, 0.3) is 0 Å². The number of nitrogens with zero attached hydrogens (tertiary/aromatic N) is 2. The van der Waals surface area contributed by atoms with Gasteiger partial charge in [-0.05, 0) is 42.8 Å². The van der Waals surface area contributed by atoms with Gasteiger partial charge in [0.2, 0.25) is 0 Å². The lowest BCUT2D eigenvalue weighted by Gasteiger charge is -2.37. The molecule has 1 aliphatic heterocycles. The molecule has 1 aliphatic rings. The van der Waals surface area contributed by atoms with Crippen molar-refractivity contribution in [3.05, 3.63) is 53.6 Å². The summed E-state index contributed by atoms with van der Waals surface area (Å²) in [5.74, 6) is 1.55. The van der Waals surface area contributed by atoms with Crippen LogP contribution < -0.4 is 14.4 Å². The van der Waals surface area contributed by atoms with Crippen molar-refractivity contribution < 1.29 is 14.3 Å². The van der Waals surface area contributed by atoms with Gasteiger partial charge in [0.25, 0.3) is 5.91 Å². The zero-order valence-corrected chi connectivity index (χ0v) is 16.5. The molecule has 0 unspecified atom stereocenters. The molecular weight excluding hydrogens is 364 g/mol. The first kappa shape index (κ1) is 19.4. The van der Waals surface area contributed by atoms with Crippen molar-refractivity contribution in [2.24, 2.45) is 0 Å². The molecular formula is C21H25ClN2O3. The van der Waals surface area contributed by atoms with Gasteiger partial charge in [0, 0.05) is 31.2 Å². The molecule has 0 aromatic heterocycles. The highest BCUT2D eigenvalue weighted by Crippen LogP contribution is 2.28. The molecule has 6 heteroatoms. The lowest BCUT2D eigenvalue weighted by atomic mass is 10.2. The van der Waals surface area contributed by atoms with Gasteiger partial charge in [0.15, 0.2) is 6.10 Å². The molecule has 1 atom stereocenters. The van der Waals surface area contributed by atoms with E-state index in [4.69, 9.17) is 21.1 Å². The van der Waals surface area contributed by atoms with Gasteiger partial charge in [-0.25, -0.2) is 0 Å². The maximum absolute atomic E-state index is 12.9. The molecule has 2 aromatic carbocycles. The third-order valence-electron chi connectivity index (χ3n) is 4.76. The topological polar surface area (TPSA) is 42.0 Å². The minimum atomic E-state index is -0.482. The van der Waals surface area contributed by atoms with Gasteiger partial charge < -0.3 is 19.3 Å². The summed E-state index contributed by atoms with van der Waals surface area (Å²) in [6.45, 7) is 4.82. The molecule has 0 aliphatic carbocycles. The minimum Gasteiger partial charge on any atom is -0.495 e. The second kappa shape index (κ2) is 9.00. The predicted octanol–water partition coefficient (Wildman–Crippen LogP) is 3.85. The zero-order chi connectivity index (χ0) is 19.2. The lowest BCUT2D eigenvalue weighted by molar-refractivity contribution is -0.139. The van der Waals surface area contributed by atoms with E-state index in [1.165, 1.54) is 0 Å². The van der Waals surface area contributed by atoms with Gasteiger partial charge >= 0.3 is 0 Å². The van der Waals surface area contributed by atoms with Crippen molar-refractivity contribution in [1.82, 2.24) is 4.90 Å². The average Bonchev–Trinajstić information content (AvgIpc) is 2.73. The molecule has 0 N–H and O–H groups in total. The average molecular weight is 389 g/mol. The largest absolute Gasteiger partial charge is 0.495 e. The maximum Gasteiger partial charge on any atom is 0.263 e. The Labute approximate surface area is 165 Å². The summed E-state index contributed by atoms with van der Waals surface area (Å²) in [4.78, 5) is 17.0. The second-order valence-electron chi connectivity index (χ2n) is 6.45. The number of amides is 1. The highest BCUT2D eigenvalue weighted by atomic mass is 35.5. The maximum atomic E-state index is 12.9. The van der Waals surface area contributed by atoms with E-state index in [0.717, 1.165) is 24.5 Å². The van der Waals surface area contributed by atoms with Crippen LogP contribution in [0.3, 0.4) is 0 Å². The van der Waals surface area contributed by atoms with Crippen molar-refractivity contribution in [2.75, 3.05) is 38.2 Å². The van der Waals surface area contributed by atoms with Crippen LogP contribution in [0.2, 0.25) is 5.02 Å². The quantitative estimate of drug-likeness (QED) is 0.753. The molecule has 0 spiro atoms. The molecule has 0 bridgehead atoms. The SMILES string of the molecule is CC[C@@H](Oc1ccc(Cl)cc1)C(=O)N1CCN(c2ccccc2OC)CC1. The van der Waals surface area contributed by atoms with E-state index in [1.54, 1.807) is 31.4 Å². The van der Waals surface area contributed by atoms with Crippen molar-refractivity contribution in [1.29, 1.82) is 0 Å². The van der Waals surface area contributed by atoms with Crippen LogP contribution in [0.1, 0.15) is 13.3 Å². The summed E-state index contributed by atoms with van der Waals surface area (Å²) < 4.78 is 11.3. The number of carbonyl (C=O) groups excluding carboxylic acids is 1. The molecule has 3 rings (SSSR count). The van der Waals surface area contributed by atoms with Crippen molar-refractivity contribution >= 4 is 23.2 Å². The van der Waals surface area contributed by atoms with Crippen LogP contribution in [0, 0.1) is 0 Å². The number of piperazine rings is 1. The molecule has 144 valence electrons. The summed E-state index contributed by atoms with van der Waals surface area (Å²) in [6.07, 6.45) is 0.137. The van der Waals surface area contributed by atoms with E-state index in [-0.39, 0.29) is 5.91 Å². The Morgan fingerprint density at radius 3 is 2.37 bits per heavy atom. The number of ether oxygens (including phenoxy) is 2. The van der Waals surface area contributed by atoms with Crippen molar-refractivity contribution in [2.45, 2.75) is 19.4 Å². The summed E-state index contributed by atoms with van der Waals surface area (Å²) in [7, 11) is 1.68. The summed E-state index contributed by atoms with van der Waals surface area (Å²) >= 11 is 5.91. The van der Waals surface area contributed by atoms with E-state index in [9.17, 15) is 4.79 Å². The Balaban J connectivity index is 1.60. The van der Waals surface area contributed by atoms with E-state index >= 15 is 0 Å². The Bertz CT molecular complexity index is 758. The van der Waals surface area contributed by atoms with Gasteiger partial charge in [-0.1, -0.05) is 30.7 Å². The van der Waals surface area contributed by atoms with Gasteiger partial charge in [0.1, 0.15) is 11.5 Å². The van der Waals surface area contributed by atoms with Crippen molar-refractivity contribution in [3.63, 3.8) is 0 Å². The Morgan fingerprint density at radius 1 is 1.07 bits per heavy atom. The fourth-order valence-corrected chi connectivity index (χ4v) is 3.37. The number of hydrogen-bond donors (Lipinski definition) is 0. The summed E-state index contributed by atoms with van der Waals surface area (Å²) in [6, 6.07) is 15.1. The van der Waals surface area contributed by atoms with E-state index in [0.29, 0.717) is 30.3 Å². The van der Waals surface area contributed by atoms with Gasteiger partial charge in [-0.15, -0.1) is 0 Å². The first-order chi connectivity index (χ1) is 13.1. The number of carbonyl (C=O) groups is 1. The van der Waals surface area contributed by atoms with Gasteiger partial charge in [-0.3, -0.25) is 4.79 Å². The van der Waals surface area contributed by atoms with Crippen LogP contribution in [-0.2, 0) is 4.79 Å². The van der Waals surface area contributed by atoms with Crippen LogP contribution in [-0.4, -0.2) is 50.2 Å². The van der Waals surface area contributed by atoms with E-state index < -0.39 is 6.10 Å². The molecule has 1 saturated heterocycles. The fraction of sp³-hybridized carbons (Fsp3) is 0.381. The van der Waals surface area contributed by atoms with E-state index in [2.05, 4.69) is 11.0 Å². The smallest absolute Gasteiger partial charge is 0.263 e. The molecule has 5 nitrogen and oxygen atoms in total. The molecule has 0 saturated carbocycles. The zero-order valence-electron chi connectivity index (χ0n) is 15.7. The highest BCUT2D eigenvalue weighted by molar-refractivity contribution is 6.30. The lowest BCUT2D eigenvalue weighted by Crippen LogP contribution is -2.52. The number of halogens is 1. The molecule has 1 heterocycles. The second-order valence-corrected chi connectivity index (χ2v) is 6.89. The highest BCUT2D eigenvalue weighted by Gasteiger charge is 2.28.